The zero-order valence-corrected chi connectivity index (χ0v) is 7.94. The molecule has 1 aliphatic heterocycles. The highest BCUT2D eigenvalue weighted by molar-refractivity contribution is 5.94. The summed E-state index contributed by atoms with van der Waals surface area (Å²) in [6, 6.07) is 2.01. The van der Waals surface area contributed by atoms with Crippen LogP contribution in [-0.4, -0.2) is 28.3 Å². The van der Waals surface area contributed by atoms with Gasteiger partial charge in [0.2, 0.25) is 0 Å². The van der Waals surface area contributed by atoms with E-state index in [9.17, 15) is 4.79 Å². The number of carbonyl (C=O) groups excluding carboxylic acids is 1. The molecule has 0 aliphatic carbocycles. The Balaban J connectivity index is 1.95. The first-order valence-corrected chi connectivity index (χ1v) is 4.89. The second-order valence-corrected chi connectivity index (χ2v) is 3.52. The monoisotopic (exact) mass is 191 g/mol. The van der Waals surface area contributed by atoms with E-state index in [0.29, 0.717) is 18.2 Å². The van der Waals surface area contributed by atoms with Crippen LogP contribution in [0.4, 0.5) is 0 Å². The number of carbonyl (C=O) groups is 1. The van der Waals surface area contributed by atoms with E-state index < -0.39 is 0 Å². The molecule has 0 amide bonds. The van der Waals surface area contributed by atoms with Crippen LogP contribution in [0.5, 0.6) is 0 Å². The van der Waals surface area contributed by atoms with Gasteiger partial charge in [0.05, 0.1) is 0 Å². The standard InChI is InChI=1S/C10H13N3O/c14-10(6-8-2-1-4-12-8)9-3-5-11-7-13-9/h3,5,7-8,12H,1-2,4,6H2. The number of aromatic nitrogens is 2. The molecular formula is C10H13N3O. The van der Waals surface area contributed by atoms with E-state index in [-0.39, 0.29) is 5.78 Å². The van der Waals surface area contributed by atoms with Gasteiger partial charge in [-0.1, -0.05) is 0 Å². The van der Waals surface area contributed by atoms with Crippen LogP contribution in [0.3, 0.4) is 0 Å². The molecule has 1 unspecified atom stereocenters. The number of ketones is 1. The van der Waals surface area contributed by atoms with Gasteiger partial charge in [0, 0.05) is 18.7 Å². The minimum Gasteiger partial charge on any atom is -0.314 e. The molecule has 0 bridgehead atoms. The van der Waals surface area contributed by atoms with Gasteiger partial charge < -0.3 is 5.32 Å². The van der Waals surface area contributed by atoms with E-state index in [4.69, 9.17) is 0 Å². The van der Waals surface area contributed by atoms with E-state index in [0.717, 1.165) is 13.0 Å². The van der Waals surface area contributed by atoms with Crippen molar-refractivity contribution in [2.75, 3.05) is 6.54 Å². The van der Waals surface area contributed by atoms with Crippen molar-refractivity contribution in [2.45, 2.75) is 25.3 Å². The Hall–Kier alpha value is -1.29. The quantitative estimate of drug-likeness (QED) is 0.718. The van der Waals surface area contributed by atoms with Crippen LogP contribution < -0.4 is 5.32 Å². The molecule has 1 fully saturated rings. The van der Waals surface area contributed by atoms with Crippen molar-refractivity contribution in [1.82, 2.24) is 15.3 Å². The van der Waals surface area contributed by atoms with Crippen molar-refractivity contribution in [3.8, 4) is 0 Å². The topological polar surface area (TPSA) is 54.9 Å². The molecule has 0 spiro atoms. The lowest BCUT2D eigenvalue weighted by Gasteiger charge is -2.07. The molecule has 1 aliphatic rings. The van der Waals surface area contributed by atoms with Crippen LogP contribution in [0.1, 0.15) is 29.8 Å². The van der Waals surface area contributed by atoms with Gasteiger partial charge in [0.15, 0.2) is 5.78 Å². The second kappa shape index (κ2) is 4.28. The Kier molecular flexibility index (Phi) is 2.84. The number of nitrogens with zero attached hydrogens (tertiary/aromatic N) is 2. The Labute approximate surface area is 82.8 Å². The lowest BCUT2D eigenvalue weighted by Crippen LogP contribution is -2.24. The third-order valence-electron chi connectivity index (χ3n) is 2.46. The molecule has 4 nitrogen and oxygen atoms in total. The van der Waals surface area contributed by atoms with Crippen molar-refractivity contribution in [3.05, 3.63) is 24.3 Å². The van der Waals surface area contributed by atoms with Crippen LogP contribution in [0.2, 0.25) is 0 Å². The first-order chi connectivity index (χ1) is 6.86. The largest absolute Gasteiger partial charge is 0.314 e. The third kappa shape index (κ3) is 2.14. The highest BCUT2D eigenvalue weighted by Crippen LogP contribution is 2.11. The third-order valence-corrected chi connectivity index (χ3v) is 2.46. The van der Waals surface area contributed by atoms with E-state index >= 15 is 0 Å². The SMILES string of the molecule is O=C(CC1CCCN1)c1ccncn1. The molecule has 1 atom stereocenters. The first-order valence-electron chi connectivity index (χ1n) is 4.89. The highest BCUT2D eigenvalue weighted by Gasteiger charge is 2.18. The van der Waals surface area contributed by atoms with Gasteiger partial charge >= 0.3 is 0 Å². The predicted molar refractivity (Wildman–Crippen MR) is 52.0 cm³/mol. The van der Waals surface area contributed by atoms with Crippen molar-refractivity contribution in [3.63, 3.8) is 0 Å². The maximum absolute atomic E-state index is 11.7. The summed E-state index contributed by atoms with van der Waals surface area (Å²) in [7, 11) is 0. The average Bonchev–Trinajstić information content (AvgIpc) is 2.72. The minimum absolute atomic E-state index is 0.104. The molecular weight excluding hydrogens is 178 g/mol. The lowest BCUT2D eigenvalue weighted by molar-refractivity contribution is 0.0966. The summed E-state index contributed by atoms with van der Waals surface area (Å²) in [4.78, 5) is 19.4. The first kappa shape index (κ1) is 9.27. The fourth-order valence-corrected chi connectivity index (χ4v) is 1.71. The van der Waals surface area contributed by atoms with Crippen molar-refractivity contribution < 1.29 is 4.79 Å². The molecule has 74 valence electrons. The Morgan fingerprint density at radius 3 is 3.21 bits per heavy atom. The number of nitrogens with one attached hydrogen (secondary N) is 1. The summed E-state index contributed by atoms with van der Waals surface area (Å²) in [5.74, 6) is 0.104. The van der Waals surface area contributed by atoms with E-state index in [1.165, 1.54) is 12.7 Å². The zero-order chi connectivity index (χ0) is 9.80. The summed E-state index contributed by atoms with van der Waals surface area (Å²) in [5, 5.41) is 3.29. The smallest absolute Gasteiger partial charge is 0.182 e. The molecule has 14 heavy (non-hydrogen) atoms. The molecule has 1 aromatic heterocycles. The van der Waals surface area contributed by atoms with Crippen LogP contribution in [0, 0.1) is 0 Å². The summed E-state index contributed by atoms with van der Waals surface area (Å²) in [6.45, 7) is 1.03. The zero-order valence-electron chi connectivity index (χ0n) is 7.94. The second-order valence-electron chi connectivity index (χ2n) is 3.52. The Bertz CT molecular complexity index is 306. The van der Waals surface area contributed by atoms with Crippen LogP contribution in [-0.2, 0) is 0 Å². The molecule has 0 saturated carbocycles. The Morgan fingerprint density at radius 1 is 1.64 bits per heavy atom. The maximum Gasteiger partial charge on any atom is 0.182 e. The molecule has 1 N–H and O–H groups in total. The van der Waals surface area contributed by atoms with Gasteiger partial charge in [0.1, 0.15) is 12.0 Å². The van der Waals surface area contributed by atoms with E-state index in [2.05, 4.69) is 15.3 Å². The van der Waals surface area contributed by atoms with Gasteiger partial charge in [-0.3, -0.25) is 4.79 Å². The highest BCUT2D eigenvalue weighted by atomic mass is 16.1. The van der Waals surface area contributed by atoms with Gasteiger partial charge in [-0.15, -0.1) is 0 Å². The fourth-order valence-electron chi connectivity index (χ4n) is 1.71. The van der Waals surface area contributed by atoms with Crippen molar-refractivity contribution in [1.29, 1.82) is 0 Å². The number of Topliss-reactive ketones (excluding diaryl/α,β-unsaturated/α-hetero) is 1. The summed E-state index contributed by atoms with van der Waals surface area (Å²) in [6.07, 6.45) is 5.83. The normalized spacial score (nSPS) is 21.0. The number of rotatable bonds is 3. The van der Waals surface area contributed by atoms with Crippen LogP contribution in [0.25, 0.3) is 0 Å². The maximum atomic E-state index is 11.7. The number of hydrogen-bond donors (Lipinski definition) is 1. The molecule has 1 aromatic rings. The van der Waals surface area contributed by atoms with Gasteiger partial charge in [-0.25, -0.2) is 9.97 Å². The molecule has 0 radical (unpaired) electrons. The average molecular weight is 191 g/mol. The van der Waals surface area contributed by atoms with E-state index in [1.807, 2.05) is 0 Å². The lowest BCUT2D eigenvalue weighted by atomic mass is 10.1. The summed E-state index contributed by atoms with van der Waals surface area (Å²) < 4.78 is 0. The van der Waals surface area contributed by atoms with Crippen molar-refractivity contribution >= 4 is 5.78 Å². The molecule has 4 heteroatoms. The molecule has 2 rings (SSSR count). The van der Waals surface area contributed by atoms with E-state index in [1.54, 1.807) is 12.3 Å². The molecule has 2 heterocycles. The summed E-state index contributed by atoms with van der Waals surface area (Å²) in [5.41, 5.74) is 0.522. The van der Waals surface area contributed by atoms with Crippen LogP contribution >= 0.6 is 0 Å². The molecule has 0 aromatic carbocycles. The fraction of sp³-hybridized carbons (Fsp3) is 0.500. The Morgan fingerprint density at radius 2 is 2.57 bits per heavy atom. The van der Waals surface area contributed by atoms with Crippen molar-refractivity contribution in [2.24, 2.45) is 0 Å². The molecule has 1 saturated heterocycles. The minimum atomic E-state index is 0.104. The predicted octanol–water partition coefficient (Wildman–Crippen LogP) is 0.801. The summed E-state index contributed by atoms with van der Waals surface area (Å²) >= 11 is 0. The van der Waals surface area contributed by atoms with Gasteiger partial charge in [-0.05, 0) is 25.5 Å². The number of hydrogen-bond acceptors (Lipinski definition) is 4. The van der Waals surface area contributed by atoms with Crippen LogP contribution in [0.15, 0.2) is 18.6 Å². The van der Waals surface area contributed by atoms with Gasteiger partial charge in [0.25, 0.3) is 0 Å². The van der Waals surface area contributed by atoms with Gasteiger partial charge in [-0.2, -0.15) is 0 Å².